The second-order valence-electron chi connectivity index (χ2n) is 7.22. The average Bonchev–Trinajstić information content (AvgIpc) is 3.51. The zero-order valence-electron chi connectivity index (χ0n) is 16.3. The monoisotopic (exact) mass is 419 g/mol. The maximum atomic E-state index is 12.5. The Morgan fingerprint density at radius 3 is 2.77 bits per heavy atom. The Bertz CT molecular complexity index is 1110. The van der Waals surface area contributed by atoms with E-state index in [0.717, 1.165) is 47.1 Å². The number of carbonyl (C=O) groups excluding carboxylic acids is 1. The van der Waals surface area contributed by atoms with E-state index in [4.69, 9.17) is 9.47 Å². The molecule has 1 aliphatic heterocycles. The van der Waals surface area contributed by atoms with Gasteiger partial charge in [-0.1, -0.05) is 12.1 Å². The SMILES string of the molecule is O=C(Nc1ccc(-c2cn3ccsc3n2)cc1)c1ccc(OC[C@@H]2CCCO2)cc1. The van der Waals surface area contributed by atoms with Crippen molar-refractivity contribution in [1.29, 1.82) is 0 Å². The molecule has 0 spiro atoms. The predicted octanol–water partition coefficient (Wildman–Crippen LogP) is 4.87. The van der Waals surface area contributed by atoms with Crippen molar-refractivity contribution < 1.29 is 14.3 Å². The van der Waals surface area contributed by atoms with Crippen molar-refractivity contribution in [1.82, 2.24) is 9.38 Å². The Labute approximate surface area is 178 Å². The Hall–Kier alpha value is -3.16. The molecule has 1 N–H and O–H groups in total. The number of anilines is 1. The maximum absolute atomic E-state index is 12.5. The highest BCUT2D eigenvalue weighted by Crippen LogP contribution is 2.23. The van der Waals surface area contributed by atoms with Crippen molar-refractivity contribution in [2.24, 2.45) is 0 Å². The first kappa shape index (κ1) is 18.8. The minimum absolute atomic E-state index is 0.157. The van der Waals surface area contributed by atoms with Gasteiger partial charge in [0.05, 0.1) is 11.8 Å². The average molecular weight is 420 g/mol. The molecule has 5 rings (SSSR count). The number of hydrogen-bond donors (Lipinski definition) is 1. The van der Waals surface area contributed by atoms with E-state index in [1.807, 2.05) is 58.6 Å². The smallest absolute Gasteiger partial charge is 0.255 e. The van der Waals surface area contributed by atoms with Gasteiger partial charge in [-0.25, -0.2) is 4.98 Å². The van der Waals surface area contributed by atoms with Crippen LogP contribution in [0.1, 0.15) is 23.2 Å². The molecule has 6 nitrogen and oxygen atoms in total. The molecule has 30 heavy (non-hydrogen) atoms. The van der Waals surface area contributed by atoms with Crippen molar-refractivity contribution in [2.45, 2.75) is 18.9 Å². The highest BCUT2D eigenvalue weighted by Gasteiger charge is 2.16. The van der Waals surface area contributed by atoms with Crippen molar-refractivity contribution in [3.05, 3.63) is 71.9 Å². The number of rotatable bonds is 6. The Morgan fingerprint density at radius 1 is 1.20 bits per heavy atom. The van der Waals surface area contributed by atoms with E-state index < -0.39 is 0 Å². The summed E-state index contributed by atoms with van der Waals surface area (Å²) in [6.45, 7) is 1.36. The lowest BCUT2D eigenvalue weighted by molar-refractivity contribution is 0.0679. The summed E-state index contributed by atoms with van der Waals surface area (Å²) in [6.07, 6.45) is 6.30. The molecule has 7 heteroatoms. The number of imidazole rings is 1. The lowest BCUT2D eigenvalue weighted by atomic mass is 10.1. The Kier molecular flexibility index (Phi) is 5.21. The second-order valence-corrected chi connectivity index (χ2v) is 8.09. The van der Waals surface area contributed by atoms with Gasteiger partial charge in [0.15, 0.2) is 4.96 Å². The van der Waals surface area contributed by atoms with Crippen LogP contribution in [0.4, 0.5) is 5.69 Å². The largest absolute Gasteiger partial charge is 0.491 e. The zero-order valence-corrected chi connectivity index (χ0v) is 17.1. The van der Waals surface area contributed by atoms with E-state index >= 15 is 0 Å². The molecule has 0 bridgehead atoms. The Morgan fingerprint density at radius 2 is 2.03 bits per heavy atom. The lowest BCUT2D eigenvalue weighted by Gasteiger charge is -2.12. The number of nitrogens with zero attached hydrogens (tertiary/aromatic N) is 2. The third-order valence-corrected chi connectivity index (χ3v) is 5.88. The van der Waals surface area contributed by atoms with Crippen LogP contribution in [0.25, 0.3) is 16.2 Å². The van der Waals surface area contributed by atoms with Gasteiger partial charge in [0.25, 0.3) is 5.91 Å². The molecular formula is C23H21N3O3S. The van der Waals surface area contributed by atoms with Gasteiger partial charge in [-0.15, -0.1) is 11.3 Å². The van der Waals surface area contributed by atoms with Crippen molar-refractivity contribution in [3.63, 3.8) is 0 Å². The molecule has 1 fully saturated rings. The van der Waals surface area contributed by atoms with E-state index in [2.05, 4.69) is 10.3 Å². The summed E-state index contributed by atoms with van der Waals surface area (Å²) >= 11 is 1.60. The number of fused-ring (bicyclic) bond motifs is 1. The molecule has 1 saturated heterocycles. The molecule has 1 atom stereocenters. The number of amides is 1. The van der Waals surface area contributed by atoms with Gasteiger partial charge in [0.1, 0.15) is 12.4 Å². The summed E-state index contributed by atoms with van der Waals surface area (Å²) in [5, 5.41) is 4.94. The molecule has 0 radical (unpaired) electrons. The topological polar surface area (TPSA) is 64.9 Å². The lowest BCUT2D eigenvalue weighted by Crippen LogP contribution is -2.16. The first-order chi connectivity index (χ1) is 14.7. The molecule has 3 heterocycles. The quantitative estimate of drug-likeness (QED) is 0.484. The van der Waals surface area contributed by atoms with Crippen LogP contribution in [0, 0.1) is 0 Å². The molecule has 1 aliphatic rings. The highest BCUT2D eigenvalue weighted by molar-refractivity contribution is 7.15. The van der Waals surface area contributed by atoms with Crippen molar-refractivity contribution in [3.8, 4) is 17.0 Å². The fourth-order valence-corrected chi connectivity index (χ4v) is 4.16. The fraction of sp³-hybridized carbons (Fsp3) is 0.217. The van der Waals surface area contributed by atoms with E-state index in [1.165, 1.54) is 0 Å². The van der Waals surface area contributed by atoms with E-state index in [1.54, 1.807) is 23.5 Å². The van der Waals surface area contributed by atoms with Crippen LogP contribution in [0.15, 0.2) is 66.3 Å². The predicted molar refractivity (Wildman–Crippen MR) is 117 cm³/mol. The number of benzene rings is 2. The molecular weight excluding hydrogens is 398 g/mol. The number of nitrogens with one attached hydrogen (secondary N) is 1. The summed E-state index contributed by atoms with van der Waals surface area (Å²) in [7, 11) is 0. The summed E-state index contributed by atoms with van der Waals surface area (Å²) in [5.74, 6) is 0.585. The van der Waals surface area contributed by atoms with Gasteiger partial charge in [0, 0.05) is 41.2 Å². The fourth-order valence-electron chi connectivity index (χ4n) is 3.46. The highest BCUT2D eigenvalue weighted by atomic mass is 32.1. The van der Waals surface area contributed by atoms with Crippen LogP contribution in [-0.2, 0) is 4.74 Å². The van der Waals surface area contributed by atoms with Crippen molar-refractivity contribution >= 4 is 27.9 Å². The summed E-state index contributed by atoms with van der Waals surface area (Å²) in [5.41, 5.74) is 3.25. The number of thiazole rings is 1. The zero-order chi connectivity index (χ0) is 20.3. The Balaban J connectivity index is 1.19. The van der Waals surface area contributed by atoms with E-state index in [-0.39, 0.29) is 12.0 Å². The number of carbonyl (C=O) groups is 1. The van der Waals surface area contributed by atoms with E-state index in [9.17, 15) is 4.79 Å². The van der Waals surface area contributed by atoms with Gasteiger partial charge in [0.2, 0.25) is 0 Å². The summed E-state index contributed by atoms with van der Waals surface area (Å²) < 4.78 is 13.3. The normalized spacial score (nSPS) is 16.1. The van der Waals surface area contributed by atoms with Gasteiger partial charge in [-0.05, 0) is 49.2 Å². The van der Waals surface area contributed by atoms with Crippen molar-refractivity contribution in [2.75, 3.05) is 18.5 Å². The van der Waals surface area contributed by atoms with Crippen LogP contribution >= 0.6 is 11.3 Å². The molecule has 0 unspecified atom stereocenters. The number of ether oxygens (including phenoxy) is 2. The van der Waals surface area contributed by atoms with Crippen LogP contribution in [0.2, 0.25) is 0 Å². The molecule has 1 amide bonds. The standard InChI is InChI=1S/C23H21N3O3S/c27-22(17-5-9-19(10-6-17)29-15-20-2-1-12-28-20)24-18-7-3-16(4-8-18)21-14-26-11-13-30-23(26)25-21/h3-11,13-14,20H,1-2,12,15H2,(H,24,27)/t20-/m0/s1. The van der Waals surface area contributed by atoms with Crippen LogP contribution in [-0.4, -0.2) is 34.6 Å². The molecule has 0 saturated carbocycles. The van der Waals surface area contributed by atoms with Crippen LogP contribution in [0.5, 0.6) is 5.75 Å². The summed E-state index contributed by atoms with van der Waals surface area (Å²) in [6, 6.07) is 14.9. The molecule has 152 valence electrons. The summed E-state index contributed by atoms with van der Waals surface area (Å²) in [4.78, 5) is 18.1. The number of hydrogen-bond acceptors (Lipinski definition) is 5. The second kappa shape index (κ2) is 8.30. The van der Waals surface area contributed by atoms with Crippen LogP contribution < -0.4 is 10.1 Å². The van der Waals surface area contributed by atoms with Gasteiger partial charge in [-0.3, -0.25) is 9.20 Å². The molecule has 0 aliphatic carbocycles. The van der Waals surface area contributed by atoms with Gasteiger partial charge >= 0.3 is 0 Å². The number of aromatic nitrogens is 2. The molecule has 2 aromatic carbocycles. The minimum Gasteiger partial charge on any atom is -0.491 e. The first-order valence-electron chi connectivity index (χ1n) is 9.93. The maximum Gasteiger partial charge on any atom is 0.255 e. The molecule has 2 aromatic heterocycles. The van der Waals surface area contributed by atoms with Gasteiger partial charge in [-0.2, -0.15) is 0 Å². The third-order valence-electron chi connectivity index (χ3n) is 5.11. The minimum atomic E-state index is -0.157. The first-order valence-corrected chi connectivity index (χ1v) is 10.8. The van der Waals surface area contributed by atoms with E-state index in [0.29, 0.717) is 12.2 Å². The third kappa shape index (κ3) is 4.08. The molecule has 4 aromatic rings. The van der Waals surface area contributed by atoms with Crippen LogP contribution in [0.3, 0.4) is 0 Å². The van der Waals surface area contributed by atoms with Gasteiger partial charge < -0.3 is 14.8 Å².